The largest absolute Gasteiger partial charge is 0.392 e. The molecule has 0 unspecified atom stereocenters. The zero-order valence-corrected chi connectivity index (χ0v) is 13.6. The number of aliphatic hydroxyl groups is 4. The van der Waals surface area contributed by atoms with E-state index in [-0.39, 0.29) is 19.0 Å². The molecule has 0 bridgehead atoms. The molecule has 4 atom stereocenters. The Balaban J connectivity index is 0.00000400. The van der Waals surface area contributed by atoms with Crippen LogP contribution in [0.3, 0.4) is 0 Å². The third kappa shape index (κ3) is 6.63. The van der Waals surface area contributed by atoms with Crippen molar-refractivity contribution >= 4 is 12.4 Å². The molecular formula is C15H30ClNO4. The molecule has 5 nitrogen and oxygen atoms in total. The van der Waals surface area contributed by atoms with Gasteiger partial charge in [-0.3, -0.25) is 0 Å². The van der Waals surface area contributed by atoms with Gasteiger partial charge in [0.25, 0.3) is 0 Å². The van der Waals surface area contributed by atoms with Crippen LogP contribution in [0.2, 0.25) is 0 Å². The zero-order valence-electron chi connectivity index (χ0n) is 12.7. The fourth-order valence-corrected chi connectivity index (χ4v) is 2.55. The van der Waals surface area contributed by atoms with Crippen LogP contribution in [0.1, 0.15) is 45.4 Å². The monoisotopic (exact) mass is 323 g/mol. The Labute approximate surface area is 133 Å². The van der Waals surface area contributed by atoms with Gasteiger partial charge in [0.15, 0.2) is 0 Å². The number of rotatable bonds is 9. The molecule has 0 aromatic heterocycles. The summed E-state index contributed by atoms with van der Waals surface area (Å²) in [6.07, 6.45) is 5.34. The Bertz CT molecular complexity index is 301. The van der Waals surface area contributed by atoms with Crippen molar-refractivity contribution in [2.24, 2.45) is 0 Å². The second-order valence-corrected chi connectivity index (χ2v) is 5.57. The van der Waals surface area contributed by atoms with Crippen LogP contribution in [0.4, 0.5) is 0 Å². The van der Waals surface area contributed by atoms with Crippen LogP contribution in [0.5, 0.6) is 0 Å². The minimum Gasteiger partial charge on any atom is -0.392 e. The fourth-order valence-electron chi connectivity index (χ4n) is 2.55. The van der Waals surface area contributed by atoms with E-state index in [0.29, 0.717) is 5.57 Å². The second-order valence-electron chi connectivity index (χ2n) is 5.57. The smallest absolute Gasteiger partial charge is 0.111 e. The van der Waals surface area contributed by atoms with Crippen LogP contribution in [-0.4, -0.2) is 57.9 Å². The lowest BCUT2D eigenvalue weighted by Gasteiger charge is -2.34. The van der Waals surface area contributed by atoms with Crippen LogP contribution in [0, 0.1) is 0 Å². The molecular weight excluding hydrogens is 294 g/mol. The van der Waals surface area contributed by atoms with Crippen molar-refractivity contribution in [3.8, 4) is 0 Å². The van der Waals surface area contributed by atoms with Crippen molar-refractivity contribution < 1.29 is 20.4 Å². The first-order valence-corrected chi connectivity index (χ1v) is 7.70. The summed E-state index contributed by atoms with van der Waals surface area (Å²) in [5.41, 5.74) is 0.364. The molecule has 0 saturated heterocycles. The first-order chi connectivity index (χ1) is 9.61. The molecule has 0 aromatic carbocycles. The predicted octanol–water partition coefficient (Wildman–Crippen LogP) is 0.742. The van der Waals surface area contributed by atoms with Gasteiger partial charge >= 0.3 is 0 Å². The molecule has 0 spiro atoms. The van der Waals surface area contributed by atoms with Crippen LogP contribution >= 0.6 is 12.4 Å². The molecule has 1 aliphatic rings. The molecule has 0 heterocycles. The molecule has 0 fully saturated rings. The standard InChI is InChI=1S/C15H29NO4.ClH/c1-2-3-4-5-6-7-8-16-12-9-11(10-17)13(18)15(20)14(12)19;/h9,12-20H,2-8,10H2,1H3;1H/t12-,13+,14+,15+;/m1./s1. The maximum atomic E-state index is 9.90. The maximum absolute atomic E-state index is 9.90. The quantitative estimate of drug-likeness (QED) is 0.319. The summed E-state index contributed by atoms with van der Waals surface area (Å²) in [5.74, 6) is 0. The molecule has 0 aromatic rings. The summed E-state index contributed by atoms with van der Waals surface area (Å²) in [6, 6.07) is -0.411. The van der Waals surface area contributed by atoms with E-state index in [1.807, 2.05) is 0 Å². The van der Waals surface area contributed by atoms with Gasteiger partial charge in [-0.05, 0) is 18.5 Å². The minimum absolute atomic E-state index is 0. The highest BCUT2D eigenvalue weighted by atomic mass is 35.5. The molecule has 0 radical (unpaired) electrons. The average Bonchev–Trinajstić information content (AvgIpc) is 2.46. The summed E-state index contributed by atoms with van der Waals surface area (Å²) < 4.78 is 0. The SMILES string of the molecule is CCCCCCCCN[C@@H]1C=C(CO)[C@H](O)[C@H](O)[C@H]1O.Cl. The van der Waals surface area contributed by atoms with Crippen molar-refractivity contribution in [1.82, 2.24) is 5.32 Å². The van der Waals surface area contributed by atoms with E-state index in [1.165, 1.54) is 25.7 Å². The van der Waals surface area contributed by atoms with Gasteiger partial charge in [0, 0.05) is 0 Å². The molecule has 6 heteroatoms. The van der Waals surface area contributed by atoms with E-state index in [4.69, 9.17) is 5.11 Å². The van der Waals surface area contributed by atoms with E-state index < -0.39 is 24.4 Å². The topological polar surface area (TPSA) is 93.0 Å². The van der Waals surface area contributed by atoms with E-state index >= 15 is 0 Å². The number of hydrogen-bond acceptors (Lipinski definition) is 5. The zero-order chi connectivity index (χ0) is 15.0. The minimum atomic E-state index is -1.25. The van der Waals surface area contributed by atoms with E-state index in [9.17, 15) is 15.3 Å². The number of hydrogen-bond donors (Lipinski definition) is 5. The predicted molar refractivity (Wildman–Crippen MR) is 85.6 cm³/mol. The summed E-state index contributed by atoms with van der Waals surface area (Å²) in [7, 11) is 0. The van der Waals surface area contributed by atoms with Crippen LogP contribution in [-0.2, 0) is 0 Å². The van der Waals surface area contributed by atoms with Gasteiger partial charge in [0.2, 0.25) is 0 Å². The normalized spacial score (nSPS) is 28.9. The summed E-state index contributed by atoms with van der Waals surface area (Å²) in [4.78, 5) is 0. The van der Waals surface area contributed by atoms with Gasteiger partial charge in [-0.2, -0.15) is 0 Å². The molecule has 0 amide bonds. The highest BCUT2D eigenvalue weighted by Crippen LogP contribution is 2.20. The Kier molecular flexibility index (Phi) is 11.3. The lowest BCUT2D eigenvalue weighted by molar-refractivity contribution is -0.0641. The number of aliphatic hydroxyl groups excluding tert-OH is 4. The van der Waals surface area contributed by atoms with Crippen molar-refractivity contribution in [3.63, 3.8) is 0 Å². The van der Waals surface area contributed by atoms with Crippen molar-refractivity contribution in [3.05, 3.63) is 11.6 Å². The molecule has 0 saturated carbocycles. The Morgan fingerprint density at radius 3 is 2.24 bits per heavy atom. The molecule has 5 N–H and O–H groups in total. The van der Waals surface area contributed by atoms with E-state index in [1.54, 1.807) is 6.08 Å². The van der Waals surface area contributed by atoms with Gasteiger partial charge in [-0.15, -0.1) is 12.4 Å². The highest BCUT2D eigenvalue weighted by molar-refractivity contribution is 5.85. The van der Waals surface area contributed by atoms with Crippen molar-refractivity contribution in [2.75, 3.05) is 13.2 Å². The molecule has 21 heavy (non-hydrogen) atoms. The van der Waals surface area contributed by atoms with E-state index in [0.717, 1.165) is 19.4 Å². The lowest BCUT2D eigenvalue weighted by Crippen LogP contribution is -2.54. The molecule has 126 valence electrons. The molecule has 0 aliphatic heterocycles. The second kappa shape index (κ2) is 11.4. The van der Waals surface area contributed by atoms with Gasteiger partial charge in [0.1, 0.15) is 18.3 Å². The van der Waals surface area contributed by atoms with Gasteiger partial charge < -0.3 is 25.7 Å². The lowest BCUT2D eigenvalue weighted by atomic mass is 9.88. The Morgan fingerprint density at radius 1 is 1.00 bits per heavy atom. The number of nitrogens with one attached hydrogen (secondary N) is 1. The fraction of sp³-hybridized carbons (Fsp3) is 0.867. The summed E-state index contributed by atoms with van der Waals surface area (Å²) >= 11 is 0. The van der Waals surface area contributed by atoms with Crippen LogP contribution < -0.4 is 5.32 Å². The first-order valence-electron chi connectivity index (χ1n) is 7.70. The van der Waals surface area contributed by atoms with Gasteiger partial charge in [-0.1, -0.05) is 45.1 Å². The number of halogens is 1. The summed E-state index contributed by atoms with van der Waals surface area (Å²) in [5, 5.41) is 41.6. The third-order valence-electron chi connectivity index (χ3n) is 3.91. The van der Waals surface area contributed by atoms with Crippen molar-refractivity contribution in [2.45, 2.75) is 69.8 Å². The average molecular weight is 324 g/mol. The van der Waals surface area contributed by atoms with Crippen LogP contribution in [0.25, 0.3) is 0 Å². The highest BCUT2D eigenvalue weighted by Gasteiger charge is 2.36. The maximum Gasteiger partial charge on any atom is 0.111 e. The van der Waals surface area contributed by atoms with Crippen LogP contribution in [0.15, 0.2) is 11.6 Å². The first kappa shape index (κ1) is 20.8. The molecule has 1 aliphatic carbocycles. The summed E-state index contributed by atoms with van der Waals surface area (Å²) in [6.45, 7) is 2.64. The van der Waals surface area contributed by atoms with Crippen molar-refractivity contribution in [1.29, 1.82) is 0 Å². The Hall–Kier alpha value is -0.170. The van der Waals surface area contributed by atoms with Gasteiger partial charge in [0.05, 0.1) is 12.6 Å². The van der Waals surface area contributed by atoms with Gasteiger partial charge in [-0.25, -0.2) is 0 Å². The Morgan fingerprint density at radius 2 is 1.62 bits per heavy atom. The third-order valence-corrected chi connectivity index (χ3v) is 3.91. The van der Waals surface area contributed by atoms with E-state index in [2.05, 4.69) is 12.2 Å². The number of unbranched alkanes of at least 4 members (excludes halogenated alkanes) is 5. The molecule has 1 rings (SSSR count).